The number of hydrogen-bond donors (Lipinski definition) is 1. The summed E-state index contributed by atoms with van der Waals surface area (Å²) in [5.74, 6) is -0.349. The van der Waals surface area contributed by atoms with Crippen molar-refractivity contribution in [2.45, 2.75) is 12.8 Å². The zero-order chi connectivity index (χ0) is 17.9. The third-order valence-electron chi connectivity index (χ3n) is 4.32. The minimum absolute atomic E-state index is 0.108. The molecule has 26 heavy (non-hydrogen) atoms. The van der Waals surface area contributed by atoms with Gasteiger partial charge in [0, 0.05) is 24.5 Å². The Morgan fingerprint density at radius 1 is 1.04 bits per heavy atom. The summed E-state index contributed by atoms with van der Waals surface area (Å²) < 4.78 is 5.46. The van der Waals surface area contributed by atoms with Crippen molar-refractivity contribution in [1.82, 2.24) is 10.2 Å². The molecule has 1 amide bonds. The highest BCUT2D eigenvalue weighted by atomic mass is 35.5. The molecule has 0 unspecified atom stereocenters. The molecular formula is C19H17ClN4O2. The van der Waals surface area contributed by atoms with E-state index in [1.54, 1.807) is 12.1 Å². The summed E-state index contributed by atoms with van der Waals surface area (Å²) in [5, 5.41) is 11.0. The van der Waals surface area contributed by atoms with E-state index < -0.39 is 5.91 Å². The lowest BCUT2D eigenvalue weighted by atomic mass is 10.2. The van der Waals surface area contributed by atoms with Crippen molar-refractivity contribution in [3.8, 4) is 11.5 Å². The molecule has 1 fully saturated rings. The van der Waals surface area contributed by atoms with Gasteiger partial charge < -0.3 is 14.6 Å². The van der Waals surface area contributed by atoms with Crippen LogP contribution in [-0.2, 0) is 0 Å². The first kappa shape index (κ1) is 16.6. The van der Waals surface area contributed by atoms with Crippen molar-refractivity contribution >= 4 is 28.9 Å². The van der Waals surface area contributed by atoms with Gasteiger partial charge in [0.05, 0.1) is 10.6 Å². The van der Waals surface area contributed by atoms with Gasteiger partial charge in [0.2, 0.25) is 5.89 Å². The number of anilines is 2. The number of rotatable bonds is 4. The van der Waals surface area contributed by atoms with Gasteiger partial charge in [-0.05, 0) is 49.2 Å². The summed E-state index contributed by atoms with van der Waals surface area (Å²) in [5.41, 5.74) is 2.44. The van der Waals surface area contributed by atoms with Gasteiger partial charge in [-0.1, -0.05) is 23.7 Å². The van der Waals surface area contributed by atoms with Gasteiger partial charge in [-0.2, -0.15) is 0 Å². The minimum Gasteiger partial charge on any atom is -0.412 e. The topological polar surface area (TPSA) is 71.3 Å². The molecule has 2 heterocycles. The average Bonchev–Trinajstić information content (AvgIpc) is 3.35. The van der Waals surface area contributed by atoms with Gasteiger partial charge in [0.15, 0.2) is 0 Å². The summed E-state index contributed by atoms with van der Waals surface area (Å²) in [6.07, 6.45) is 2.45. The fourth-order valence-corrected chi connectivity index (χ4v) is 3.19. The van der Waals surface area contributed by atoms with E-state index in [1.807, 2.05) is 36.4 Å². The zero-order valence-electron chi connectivity index (χ0n) is 14.0. The molecule has 0 spiro atoms. The Bertz CT molecular complexity index is 917. The van der Waals surface area contributed by atoms with E-state index >= 15 is 0 Å². The van der Waals surface area contributed by atoms with Crippen molar-refractivity contribution < 1.29 is 9.21 Å². The third kappa shape index (κ3) is 3.41. The molecule has 1 aromatic heterocycles. The van der Waals surface area contributed by atoms with Gasteiger partial charge in [0.25, 0.3) is 0 Å². The van der Waals surface area contributed by atoms with Gasteiger partial charge in [-0.15, -0.1) is 10.2 Å². The molecule has 132 valence electrons. The van der Waals surface area contributed by atoms with Crippen LogP contribution in [0.4, 0.5) is 11.4 Å². The van der Waals surface area contributed by atoms with Gasteiger partial charge in [0.1, 0.15) is 0 Å². The number of aromatic nitrogens is 2. The maximum Gasteiger partial charge on any atom is 0.313 e. The Morgan fingerprint density at radius 3 is 2.50 bits per heavy atom. The number of nitrogens with zero attached hydrogens (tertiary/aromatic N) is 3. The number of benzene rings is 2. The molecule has 0 saturated carbocycles. The van der Waals surface area contributed by atoms with E-state index in [-0.39, 0.29) is 11.8 Å². The third-order valence-corrected chi connectivity index (χ3v) is 4.65. The predicted octanol–water partition coefficient (Wildman–Crippen LogP) is 4.24. The highest BCUT2D eigenvalue weighted by molar-refractivity contribution is 6.33. The fourth-order valence-electron chi connectivity index (χ4n) is 2.97. The zero-order valence-corrected chi connectivity index (χ0v) is 14.7. The number of nitrogens with one attached hydrogen (secondary N) is 1. The molecule has 2 aromatic carbocycles. The van der Waals surface area contributed by atoms with E-state index in [0.717, 1.165) is 13.1 Å². The van der Waals surface area contributed by atoms with Gasteiger partial charge in [-0.3, -0.25) is 4.79 Å². The number of halogens is 1. The van der Waals surface area contributed by atoms with Crippen LogP contribution in [0.15, 0.2) is 52.9 Å². The second-order valence-electron chi connectivity index (χ2n) is 6.09. The van der Waals surface area contributed by atoms with Gasteiger partial charge >= 0.3 is 11.8 Å². The van der Waals surface area contributed by atoms with Crippen molar-refractivity contribution in [2.24, 2.45) is 0 Å². The lowest BCUT2D eigenvalue weighted by Crippen LogP contribution is -2.17. The summed E-state index contributed by atoms with van der Waals surface area (Å²) in [6, 6.07) is 14.9. The van der Waals surface area contributed by atoms with E-state index in [9.17, 15) is 4.79 Å². The molecule has 3 aromatic rings. The van der Waals surface area contributed by atoms with Crippen LogP contribution < -0.4 is 10.2 Å². The second-order valence-corrected chi connectivity index (χ2v) is 6.49. The monoisotopic (exact) mass is 368 g/mol. The lowest BCUT2D eigenvalue weighted by molar-refractivity contribution is 0.0991. The molecule has 1 aliphatic heterocycles. The maximum absolute atomic E-state index is 12.3. The molecule has 0 radical (unpaired) electrons. The second kappa shape index (κ2) is 7.17. The molecule has 6 nitrogen and oxygen atoms in total. The van der Waals surface area contributed by atoms with Crippen LogP contribution in [0, 0.1) is 0 Å². The van der Waals surface area contributed by atoms with Crippen molar-refractivity contribution in [1.29, 1.82) is 0 Å². The van der Waals surface area contributed by atoms with Crippen molar-refractivity contribution in [3.63, 3.8) is 0 Å². The van der Waals surface area contributed by atoms with E-state index in [4.69, 9.17) is 16.0 Å². The number of amides is 1. The van der Waals surface area contributed by atoms with E-state index in [0.29, 0.717) is 16.3 Å². The standard InChI is InChI=1S/C19H17ClN4O2/c20-16-6-2-1-5-15(16)18-22-23-19(26-18)17(25)21-13-7-9-14(10-8-13)24-11-3-4-12-24/h1-2,5-10H,3-4,11-12H2,(H,21,25). The molecular weight excluding hydrogens is 352 g/mol. The lowest BCUT2D eigenvalue weighted by Gasteiger charge is -2.17. The summed E-state index contributed by atoms with van der Waals surface area (Å²) >= 11 is 6.11. The van der Waals surface area contributed by atoms with Crippen LogP contribution in [0.5, 0.6) is 0 Å². The Balaban J connectivity index is 1.46. The normalized spacial score (nSPS) is 13.8. The molecule has 0 atom stereocenters. The Hall–Kier alpha value is -2.86. The van der Waals surface area contributed by atoms with Crippen LogP contribution in [0.3, 0.4) is 0 Å². The quantitative estimate of drug-likeness (QED) is 0.745. The fraction of sp³-hybridized carbons (Fsp3) is 0.211. The Morgan fingerprint density at radius 2 is 1.77 bits per heavy atom. The maximum atomic E-state index is 12.3. The molecule has 1 saturated heterocycles. The first-order valence-corrected chi connectivity index (χ1v) is 8.83. The molecule has 0 aliphatic carbocycles. The largest absolute Gasteiger partial charge is 0.412 e. The van der Waals surface area contributed by atoms with Crippen LogP contribution in [-0.4, -0.2) is 29.2 Å². The van der Waals surface area contributed by atoms with Crippen LogP contribution in [0.25, 0.3) is 11.5 Å². The Kier molecular flexibility index (Phi) is 4.58. The number of carbonyl (C=O) groups excluding carboxylic acids is 1. The molecule has 1 aliphatic rings. The van der Waals surface area contributed by atoms with Crippen molar-refractivity contribution in [2.75, 3.05) is 23.3 Å². The highest BCUT2D eigenvalue weighted by Gasteiger charge is 2.18. The van der Waals surface area contributed by atoms with Gasteiger partial charge in [-0.25, -0.2) is 0 Å². The number of hydrogen-bond acceptors (Lipinski definition) is 5. The minimum atomic E-state index is -0.454. The van der Waals surface area contributed by atoms with Crippen LogP contribution >= 0.6 is 11.6 Å². The molecule has 0 bridgehead atoms. The summed E-state index contributed by atoms with van der Waals surface area (Å²) in [6.45, 7) is 2.16. The first-order chi connectivity index (χ1) is 12.7. The number of carbonyl (C=O) groups is 1. The van der Waals surface area contributed by atoms with E-state index in [2.05, 4.69) is 20.4 Å². The van der Waals surface area contributed by atoms with E-state index in [1.165, 1.54) is 18.5 Å². The predicted molar refractivity (Wildman–Crippen MR) is 101 cm³/mol. The summed E-state index contributed by atoms with van der Waals surface area (Å²) in [7, 11) is 0. The van der Waals surface area contributed by atoms with Crippen LogP contribution in [0.1, 0.15) is 23.5 Å². The van der Waals surface area contributed by atoms with Crippen LogP contribution in [0.2, 0.25) is 5.02 Å². The molecule has 1 N–H and O–H groups in total. The Labute approximate surface area is 155 Å². The highest BCUT2D eigenvalue weighted by Crippen LogP contribution is 2.26. The average molecular weight is 369 g/mol. The van der Waals surface area contributed by atoms with Crippen molar-refractivity contribution in [3.05, 3.63) is 59.4 Å². The smallest absolute Gasteiger partial charge is 0.313 e. The molecule has 7 heteroatoms. The first-order valence-electron chi connectivity index (χ1n) is 8.45. The summed E-state index contributed by atoms with van der Waals surface area (Å²) in [4.78, 5) is 14.7. The SMILES string of the molecule is O=C(Nc1ccc(N2CCCC2)cc1)c1nnc(-c2ccccc2Cl)o1. The molecule has 4 rings (SSSR count).